The van der Waals surface area contributed by atoms with Crippen molar-refractivity contribution in [2.45, 2.75) is 6.18 Å². The van der Waals surface area contributed by atoms with Gasteiger partial charge in [-0.05, 0) is 18.2 Å². The summed E-state index contributed by atoms with van der Waals surface area (Å²) in [6.07, 6.45) is -2.00. The van der Waals surface area contributed by atoms with E-state index in [0.717, 1.165) is 12.1 Å². The number of halogens is 4. The van der Waals surface area contributed by atoms with Crippen LogP contribution >= 0.6 is 0 Å². The van der Waals surface area contributed by atoms with Gasteiger partial charge in [0.1, 0.15) is 11.6 Å². The molecule has 0 spiro atoms. The summed E-state index contributed by atoms with van der Waals surface area (Å²) in [6, 6.07) is 2.72. The molecule has 1 aromatic heterocycles. The molecule has 0 saturated heterocycles. The van der Waals surface area contributed by atoms with Crippen LogP contribution in [0.25, 0.3) is 11.3 Å². The number of rotatable bonds is 2. The van der Waals surface area contributed by atoms with Gasteiger partial charge in [0.15, 0.2) is 0 Å². The molecule has 2 aromatic rings. The molecular formula is C12H9F4N3. The van der Waals surface area contributed by atoms with Crippen molar-refractivity contribution >= 4 is 5.82 Å². The van der Waals surface area contributed by atoms with Crippen LogP contribution in [0.1, 0.15) is 5.56 Å². The van der Waals surface area contributed by atoms with Gasteiger partial charge >= 0.3 is 6.18 Å². The molecule has 19 heavy (non-hydrogen) atoms. The number of benzene rings is 1. The third kappa shape index (κ3) is 2.81. The third-order valence-electron chi connectivity index (χ3n) is 2.46. The molecule has 1 N–H and O–H groups in total. The summed E-state index contributed by atoms with van der Waals surface area (Å²) in [7, 11) is 1.61. The van der Waals surface area contributed by atoms with Crippen molar-refractivity contribution in [1.29, 1.82) is 0 Å². The number of hydrogen-bond donors (Lipinski definition) is 1. The normalized spacial score (nSPS) is 11.4. The van der Waals surface area contributed by atoms with Crippen LogP contribution in [0.3, 0.4) is 0 Å². The maximum Gasteiger partial charge on any atom is 0.419 e. The highest BCUT2D eigenvalue weighted by Crippen LogP contribution is 2.33. The van der Waals surface area contributed by atoms with Gasteiger partial charge in [-0.2, -0.15) is 13.2 Å². The van der Waals surface area contributed by atoms with Crippen LogP contribution < -0.4 is 5.32 Å². The van der Waals surface area contributed by atoms with Crippen molar-refractivity contribution in [1.82, 2.24) is 9.97 Å². The fraction of sp³-hybridized carbons (Fsp3) is 0.167. The highest BCUT2D eigenvalue weighted by atomic mass is 19.4. The van der Waals surface area contributed by atoms with Crippen molar-refractivity contribution in [2.75, 3.05) is 12.4 Å². The van der Waals surface area contributed by atoms with Crippen LogP contribution in [0.4, 0.5) is 23.4 Å². The van der Waals surface area contributed by atoms with Gasteiger partial charge in [0.05, 0.1) is 23.7 Å². The maximum absolute atomic E-state index is 13.2. The molecule has 0 unspecified atom stereocenters. The maximum atomic E-state index is 13.2. The fourth-order valence-electron chi connectivity index (χ4n) is 1.53. The molecule has 0 aliphatic carbocycles. The Balaban J connectivity index is 2.51. The van der Waals surface area contributed by atoms with Crippen molar-refractivity contribution in [2.24, 2.45) is 0 Å². The number of nitrogens with zero attached hydrogens (tertiary/aromatic N) is 2. The molecule has 0 aliphatic heterocycles. The molecule has 0 atom stereocenters. The van der Waals surface area contributed by atoms with E-state index in [1.54, 1.807) is 7.05 Å². The minimum absolute atomic E-state index is 0.151. The average Bonchev–Trinajstić information content (AvgIpc) is 2.38. The average molecular weight is 271 g/mol. The van der Waals surface area contributed by atoms with Crippen LogP contribution in [0, 0.1) is 5.82 Å². The molecular weight excluding hydrogens is 262 g/mol. The van der Waals surface area contributed by atoms with E-state index in [9.17, 15) is 17.6 Å². The Bertz CT molecular complexity index is 596. The zero-order chi connectivity index (χ0) is 14.0. The Morgan fingerprint density at radius 2 is 1.89 bits per heavy atom. The van der Waals surface area contributed by atoms with Crippen molar-refractivity contribution in [3.05, 3.63) is 42.0 Å². The highest BCUT2D eigenvalue weighted by Gasteiger charge is 2.34. The molecule has 1 aromatic carbocycles. The number of aromatic nitrogens is 2. The van der Waals surface area contributed by atoms with Gasteiger partial charge in [0, 0.05) is 12.6 Å². The minimum Gasteiger partial charge on any atom is -0.372 e. The van der Waals surface area contributed by atoms with Gasteiger partial charge in [-0.15, -0.1) is 0 Å². The SMILES string of the molecule is CNc1cncc(-c2ccc(F)c(C(F)(F)F)c2)n1. The first-order valence-electron chi connectivity index (χ1n) is 5.28. The van der Waals surface area contributed by atoms with Gasteiger partial charge in [-0.1, -0.05) is 0 Å². The second-order valence-corrected chi connectivity index (χ2v) is 3.73. The molecule has 0 fully saturated rings. The smallest absolute Gasteiger partial charge is 0.372 e. The molecule has 0 radical (unpaired) electrons. The highest BCUT2D eigenvalue weighted by molar-refractivity contribution is 5.61. The van der Waals surface area contributed by atoms with E-state index in [2.05, 4.69) is 15.3 Å². The summed E-state index contributed by atoms with van der Waals surface area (Å²) in [6.45, 7) is 0. The van der Waals surface area contributed by atoms with E-state index < -0.39 is 17.6 Å². The van der Waals surface area contributed by atoms with Crippen LogP contribution in [-0.4, -0.2) is 17.0 Å². The molecule has 100 valence electrons. The van der Waals surface area contributed by atoms with Crippen LogP contribution in [0.15, 0.2) is 30.6 Å². The number of hydrogen-bond acceptors (Lipinski definition) is 3. The molecule has 2 rings (SSSR count). The second-order valence-electron chi connectivity index (χ2n) is 3.73. The quantitative estimate of drug-likeness (QED) is 0.851. The summed E-state index contributed by atoms with van der Waals surface area (Å²) in [5.41, 5.74) is -0.933. The van der Waals surface area contributed by atoms with Crippen molar-refractivity contribution in [3.8, 4) is 11.3 Å². The lowest BCUT2D eigenvalue weighted by Gasteiger charge is -2.10. The molecule has 0 amide bonds. The zero-order valence-corrected chi connectivity index (χ0v) is 9.79. The lowest BCUT2D eigenvalue weighted by molar-refractivity contribution is -0.139. The minimum atomic E-state index is -4.74. The monoisotopic (exact) mass is 271 g/mol. The van der Waals surface area contributed by atoms with Crippen molar-refractivity contribution < 1.29 is 17.6 Å². The Morgan fingerprint density at radius 1 is 1.16 bits per heavy atom. The standard InChI is InChI=1S/C12H9F4N3/c1-17-11-6-18-5-10(19-11)7-2-3-9(13)8(4-7)12(14,15)16/h2-6H,1H3,(H,17,19). The summed E-state index contributed by atoms with van der Waals surface area (Å²) >= 11 is 0. The van der Waals surface area contributed by atoms with E-state index in [1.165, 1.54) is 18.5 Å². The van der Waals surface area contributed by atoms with E-state index in [4.69, 9.17) is 0 Å². The van der Waals surface area contributed by atoms with Crippen LogP contribution in [0.5, 0.6) is 0 Å². The van der Waals surface area contributed by atoms with Crippen molar-refractivity contribution in [3.63, 3.8) is 0 Å². The lowest BCUT2D eigenvalue weighted by atomic mass is 10.1. The summed E-state index contributed by atoms with van der Waals surface area (Å²) in [5.74, 6) is -0.899. The summed E-state index contributed by atoms with van der Waals surface area (Å²) in [5, 5.41) is 2.72. The lowest BCUT2D eigenvalue weighted by Crippen LogP contribution is -2.08. The van der Waals surface area contributed by atoms with Crippen LogP contribution in [0.2, 0.25) is 0 Å². The molecule has 7 heteroatoms. The topological polar surface area (TPSA) is 37.8 Å². The molecule has 0 bridgehead atoms. The fourth-order valence-corrected chi connectivity index (χ4v) is 1.53. The summed E-state index contributed by atoms with van der Waals surface area (Å²) < 4.78 is 51.0. The molecule has 1 heterocycles. The van der Waals surface area contributed by atoms with E-state index in [1.807, 2.05) is 0 Å². The van der Waals surface area contributed by atoms with E-state index >= 15 is 0 Å². The Labute approximate surface area is 106 Å². The van der Waals surface area contributed by atoms with Gasteiger partial charge < -0.3 is 5.32 Å². The van der Waals surface area contributed by atoms with E-state index in [0.29, 0.717) is 5.82 Å². The van der Waals surface area contributed by atoms with Crippen LogP contribution in [-0.2, 0) is 6.18 Å². The molecule has 0 aliphatic rings. The predicted octanol–water partition coefficient (Wildman–Crippen LogP) is 3.34. The van der Waals surface area contributed by atoms with Gasteiger partial charge in [0.2, 0.25) is 0 Å². The number of alkyl halides is 3. The molecule has 0 saturated carbocycles. The summed E-state index contributed by atoms with van der Waals surface area (Å²) in [4.78, 5) is 7.90. The van der Waals surface area contributed by atoms with E-state index in [-0.39, 0.29) is 11.3 Å². The second kappa shape index (κ2) is 4.83. The first kappa shape index (κ1) is 13.3. The first-order valence-corrected chi connectivity index (χ1v) is 5.28. The Morgan fingerprint density at radius 3 is 2.53 bits per heavy atom. The van der Waals surface area contributed by atoms with Gasteiger partial charge in [-0.3, -0.25) is 4.98 Å². The predicted molar refractivity (Wildman–Crippen MR) is 62.0 cm³/mol. The Hall–Kier alpha value is -2.18. The third-order valence-corrected chi connectivity index (χ3v) is 2.46. The van der Waals surface area contributed by atoms with Gasteiger partial charge in [-0.25, -0.2) is 9.37 Å². The molecule has 3 nitrogen and oxygen atoms in total. The van der Waals surface area contributed by atoms with Gasteiger partial charge in [0.25, 0.3) is 0 Å². The first-order chi connectivity index (χ1) is 8.91. The number of nitrogens with one attached hydrogen (secondary N) is 1. The zero-order valence-electron chi connectivity index (χ0n) is 9.79. The Kier molecular flexibility index (Phi) is 3.37. The largest absolute Gasteiger partial charge is 0.419 e. The number of anilines is 1.